The van der Waals surface area contributed by atoms with E-state index in [1.807, 2.05) is 6.07 Å². The molecule has 1 aliphatic rings. The molecule has 1 atom stereocenters. The van der Waals surface area contributed by atoms with Crippen molar-refractivity contribution in [2.75, 3.05) is 32.6 Å². The van der Waals surface area contributed by atoms with Gasteiger partial charge in [-0.15, -0.1) is 11.3 Å². The molecule has 2 heterocycles. The van der Waals surface area contributed by atoms with E-state index < -0.39 is 0 Å². The fourth-order valence-electron chi connectivity index (χ4n) is 3.83. The summed E-state index contributed by atoms with van der Waals surface area (Å²) in [6, 6.07) is 18.0. The maximum atomic E-state index is 12.9. The van der Waals surface area contributed by atoms with Crippen LogP contribution in [-0.4, -0.2) is 38.1 Å². The van der Waals surface area contributed by atoms with Crippen molar-refractivity contribution in [2.24, 2.45) is 0 Å². The normalized spacial score (nSPS) is 16.1. The van der Waals surface area contributed by atoms with Gasteiger partial charge in [-0.05, 0) is 29.0 Å². The Morgan fingerprint density at radius 3 is 2.52 bits per heavy atom. The molecule has 0 unspecified atom stereocenters. The average molecular weight is 409 g/mol. The van der Waals surface area contributed by atoms with Crippen LogP contribution in [-0.2, 0) is 11.2 Å². The number of carbonyl (C=O) groups excluding carboxylic acids is 1. The lowest BCUT2D eigenvalue weighted by molar-refractivity contribution is -0.117. The van der Waals surface area contributed by atoms with Crippen molar-refractivity contribution >= 4 is 22.9 Å². The van der Waals surface area contributed by atoms with Crippen molar-refractivity contribution in [3.05, 3.63) is 76.0 Å². The van der Waals surface area contributed by atoms with Gasteiger partial charge in [0.15, 0.2) is 0 Å². The third-order valence-corrected chi connectivity index (χ3v) is 6.16. The first-order valence-corrected chi connectivity index (χ1v) is 10.4. The minimum absolute atomic E-state index is 0.0556. The molecule has 2 aromatic carbocycles. The van der Waals surface area contributed by atoms with Crippen molar-refractivity contribution in [3.8, 4) is 11.5 Å². The fraction of sp³-hybridized carbons (Fsp3) is 0.261. The summed E-state index contributed by atoms with van der Waals surface area (Å²) in [5.41, 5.74) is 3.18. The molecule has 6 heteroatoms. The van der Waals surface area contributed by atoms with Gasteiger partial charge in [0.2, 0.25) is 5.91 Å². The molecular weight excluding hydrogens is 384 g/mol. The second kappa shape index (κ2) is 8.68. The molecule has 1 amide bonds. The zero-order chi connectivity index (χ0) is 20.2. The summed E-state index contributed by atoms with van der Waals surface area (Å²) in [6.45, 7) is 1.16. The highest BCUT2D eigenvalue weighted by Crippen LogP contribution is 2.37. The van der Waals surface area contributed by atoms with E-state index >= 15 is 0 Å². The number of benzene rings is 2. The molecule has 150 valence electrons. The van der Waals surface area contributed by atoms with E-state index in [1.54, 1.807) is 43.8 Å². The average Bonchev–Trinajstić information content (AvgIpc) is 3.22. The molecule has 0 radical (unpaired) electrons. The molecule has 0 bridgehead atoms. The van der Waals surface area contributed by atoms with Crippen LogP contribution in [0, 0.1) is 0 Å². The summed E-state index contributed by atoms with van der Waals surface area (Å²) in [5.74, 6) is 1.23. The van der Waals surface area contributed by atoms with E-state index in [0.29, 0.717) is 23.7 Å². The molecule has 5 nitrogen and oxygen atoms in total. The second-order valence-electron chi connectivity index (χ2n) is 6.98. The zero-order valence-corrected chi connectivity index (χ0v) is 17.4. The van der Waals surface area contributed by atoms with Crippen molar-refractivity contribution in [1.82, 2.24) is 4.90 Å². The Hall–Kier alpha value is -2.83. The number of carbonyl (C=O) groups is 1. The Balaban J connectivity index is 1.54. The molecule has 1 N–H and O–H groups in total. The van der Waals surface area contributed by atoms with Gasteiger partial charge >= 0.3 is 0 Å². The lowest BCUT2D eigenvalue weighted by Crippen LogP contribution is -2.40. The van der Waals surface area contributed by atoms with E-state index in [0.717, 1.165) is 13.0 Å². The predicted octanol–water partition coefficient (Wildman–Crippen LogP) is 4.35. The number of nitrogens with zero attached hydrogens (tertiary/aromatic N) is 1. The van der Waals surface area contributed by atoms with Crippen LogP contribution < -0.4 is 14.8 Å². The van der Waals surface area contributed by atoms with Crippen LogP contribution >= 0.6 is 11.3 Å². The molecular formula is C23H24N2O3S. The topological polar surface area (TPSA) is 50.8 Å². The highest BCUT2D eigenvalue weighted by molar-refractivity contribution is 7.10. The van der Waals surface area contributed by atoms with Crippen LogP contribution in [0.3, 0.4) is 0 Å². The third-order valence-electron chi connectivity index (χ3n) is 5.16. The first-order chi connectivity index (χ1) is 14.2. The molecule has 1 aromatic heterocycles. The number of anilines is 1. The summed E-state index contributed by atoms with van der Waals surface area (Å²) < 4.78 is 10.6. The van der Waals surface area contributed by atoms with Crippen LogP contribution in [0.2, 0.25) is 0 Å². The molecule has 29 heavy (non-hydrogen) atoms. The van der Waals surface area contributed by atoms with Crippen LogP contribution in [0.5, 0.6) is 11.5 Å². The fourth-order valence-corrected chi connectivity index (χ4v) is 4.73. The van der Waals surface area contributed by atoms with E-state index in [4.69, 9.17) is 9.47 Å². The maximum absolute atomic E-state index is 12.9. The lowest BCUT2D eigenvalue weighted by atomic mass is 9.93. The number of amides is 1. The van der Waals surface area contributed by atoms with E-state index in [-0.39, 0.29) is 11.9 Å². The van der Waals surface area contributed by atoms with Gasteiger partial charge in [-0.1, -0.05) is 30.3 Å². The number of thiophene rings is 1. The standard InChI is InChI=1S/C23H24N2O3S/c1-27-18-12-17(13-19(14-18)28-2)24-22(26)15-25-10-8-21-20(9-11-29-21)23(25)16-6-4-3-5-7-16/h3-7,9,11-14,23H,8,10,15H2,1-2H3,(H,24,26)/t23-/m0/s1. The van der Waals surface area contributed by atoms with Gasteiger partial charge in [0.25, 0.3) is 0 Å². The highest BCUT2D eigenvalue weighted by atomic mass is 32.1. The molecule has 3 aromatic rings. The Bertz CT molecular complexity index is 965. The largest absolute Gasteiger partial charge is 0.497 e. The number of ether oxygens (including phenoxy) is 2. The van der Waals surface area contributed by atoms with Crippen LogP contribution in [0.1, 0.15) is 22.0 Å². The molecule has 0 saturated heterocycles. The number of rotatable bonds is 6. The first kappa shape index (κ1) is 19.5. The van der Waals surface area contributed by atoms with Gasteiger partial charge in [-0.2, -0.15) is 0 Å². The molecule has 0 spiro atoms. The zero-order valence-electron chi connectivity index (χ0n) is 16.6. The summed E-state index contributed by atoms with van der Waals surface area (Å²) in [5, 5.41) is 5.14. The van der Waals surface area contributed by atoms with Crippen LogP contribution in [0.15, 0.2) is 60.0 Å². The second-order valence-corrected chi connectivity index (χ2v) is 7.98. The highest BCUT2D eigenvalue weighted by Gasteiger charge is 2.30. The number of hydrogen-bond donors (Lipinski definition) is 1. The Morgan fingerprint density at radius 1 is 1.10 bits per heavy atom. The smallest absolute Gasteiger partial charge is 0.238 e. The van der Waals surface area contributed by atoms with E-state index in [9.17, 15) is 4.79 Å². The molecule has 1 aliphatic heterocycles. The molecule has 0 saturated carbocycles. The van der Waals surface area contributed by atoms with E-state index in [1.165, 1.54) is 16.0 Å². The monoisotopic (exact) mass is 408 g/mol. The van der Waals surface area contributed by atoms with Gasteiger partial charge in [0.05, 0.1) is 26.8 Å². The van der Waals surface area contributed by atoms with Crippen LogP contribution in [0.4, 0.5) is 5.69 Å². The Morgan fingerprint density at radius 2 is 1.83 bits per heavy atom. The number of nitrogens with one attached hydrogen (secondary N) is 1. The van der Waals surface area contributed by atoms with Gasteiger partial charge in [0.1, 0.15) is 11.5 Å². The lowest BCUT2D eigenvalue weighted by Gasteiger charge is -2.35. The summed E-state index contributed by atoms with van der Waals surface area (Å²) in [6.07, 6.45) is 0.969. The van der Waals surface area contributed by atoms with Gasteiger partial charge in [-0.25, -0.2) is 0 Å². The van der Waals surface area contributed by atoms with Crippen molar-refractivity contribution in [3.63, 3.8) is 0 Å². The minimum Gasteiger partial charge on any atom is -0.497 e. The number of hydrogen-bond acceptors (Lipinski definition) is 5. The SMILES string of the molecule is COc1cc(NC(=O)CN2CCc3sccc3[C@@H]2c2ccccc2)cc(OC)c1. The number of fused-ring (bicyclic) bond motifs is 1. The van der Waals surface area contributed by atoms with Crippen molar-refractivity contribution < 1.29 is 14.3 Å². The predicted molar refractivity (Wildman–Crippen MR) is 116 cm³/mol. The molecule has 0 aliphatic carbocycles. The van der Waals surface area contributed by atoms with Gasteiger partial charge in [-0.3, -0.25) is 9.69 Å². The van der Waals surface area contributed by atoms with Crippen molar-refractivity contribution in [1.29, 1.82) is 0 Å². The molecule has 0 fully saturated rings. The quantitative estimate of drug-likeness (QED) is 0.659. The Kier molecular flexibility index (Phi) is 5.83. The van der Waals surface area contributed by atoms with Gasteiger partial charge in [0, 0.05) is 35.3 Å². The minimum atomic E-state index is -0.0556. The summed E-state index contributed by atoms with van der Waals surface area (Å²) in [4.78, 5) is 16.5. The maximum Gasteiger partial charge on any atom is 0.238 e. The first-order valence-electron chi connectivity index (χ1n) is 9.56. The van der Waals surface area contributed by atoms with Crippen molar-refractivity contribution in [2.45, 2.75) is 12.5 Å². The Labute approximate surface area is 174 Å². The third kappa shape index (κ3) is 4.28. The van der Waals surface area contributed by atoms with Gasteiger partial charge < -0.3 is 14.8 Å². The van der Waals surface area contributed by atoms with E-state index in [2.05, 4.69) is 45.9 Å². The van der Waals surface area contributed by atoms with Crippen LogP contribution in [0.25, 0.3) is 0 Å². The number of methoxy groups -OCH3 is 2. The molecule has 4 rings (SSSR count). The summed E-state index contributed by atoms with van der Waals surface area (Å²) >= 11 is 1.80. The summed E-state index contributed by atoms with van der Waals surface area (Å²) in [7, 11) is 3.19.